The highest BCUT2D eigenvalue weighted by molar-refractivity contribution is 7.22. The first-order chi connectivity index (χ1) is 20.7. The predicted molar refractivity (Wildman–Crippen MR) is 199 cm³/mol. The quantitative estimate of drug-likeness (QED) is 0.128. The Labute approximate surface area is 272 Å². The van der Waals surface area contributed by atoms with Crippen LogP contribution in [0.2, 0.25) is 0 Å². The molecular formula is C37H53NS4. The first-order valence-electron chi connectivity index (χ1n) is 16.3. The second kappa shape index (κ2) is 18.3. The molecule has 42 heavy (non-hydrogen) atoms. The largest absolute Gasteiger partial charge is 0.333 e. The summed E-state index contributed by atoms with van der Waals surface area (Å²) in [4.78, 5) is 6.00. The maximum Gasteiger partial charge on any atom is 0.0442 e. The normalized spacial score (nSPS) is 12.6. The lowest BCUT2D eigenvalue weighted by Gasteiger charge is -2.13. The Balaban J connectivity index is 0.00000116. The van der Waals surface area contributed by atoms with E-state index in [9.17, 15) is 0 Å². The van der Waals surface area contributed by atoms with Crippen LogP contribution in [0.15, 0.2) is 47.2 Å². The van der Waals surface area contributed by atoms with Crippen molar-refractivity contribution in [1.82, 2.24) is 0 Å². The van der Waals surface area contributed by atoms with Gasteiger partial charge in [0.15, 0.2) is 0 Å². The van der Waals surface area contributed by atoms with Crippen molar-refractivity contribution in [2.45, 2.75) is 106 Å². The molecule has 0 fully saturated rings. The maximum absolute atomic E-state index is 4.50. The van der Waals surface area contributed by atoms with Crippen LogP contribution < -0.4 is 5.73 Å². The Morgan fingerprint density at radius 1 is 0.595 bits per heavy atom. The van der Waals surface area contributed by atoms with Crippen LogP contribution in [-0.2, 0) is 12.8 Å². The summed E-state index contributed by atoms with van der Waals surface area (Å²) in [6, 6.07) is 14.4. The van der Waals surface area contributed by atoms with E-state index in [4.69, 9.17) is 0 Å². The van der Waals surface area contributed by atoms with Gasteiger partial charge < -0.3 is 5.73 Å². The number of rotatable bonds is 14. The third kappa shape index (κ3) is 8.35. The van der Waals surface area contributed by atoms with E-state index in [-0.39, 0.29) is 0 Å². The molecule has 0 aliphatic heterocycles. The minimum atomic E-state index is 0.814. The Bertz CT molecular complexity index is 1290. The number of fused-ring (bicyclic) bond motifs is 2. The summed E-state index contributed by atoms with van der Waals surface area (Å²) in [7, 11) is 1.50. The molecule has 0 radical (unpaired) electrons. The highest BCUT2D eigenvalue weighted by atomic mass is 32.1. The van der Waals surface area contributed by atoms with Gasteiger partial charge in [-0.3, -0.25) is 0 Å². The number of hydrogen-bond acceptors (Lipinski definition) is 5. The van der Waals surface area contributed by atoms with Crippen molar-refractivity contribution in [3.8, 4) is 20.9 Å². The molecule has 5 heteroatoms. The first-order valence-corrected chi connectivity index (χ1v) is 19.7. The minimum Gasteiger partial charge on any atom is -0.333 e. The van der Waals surface area contributed by atoms with Crippen molar-refractivity contribution >= 4 is 65.5 Å². The van der Waals surface area contributed by atoms with Gasteiger partial charge in [-0.15, -0.1) is 45.3 Å². The van der Waals surface area contributed by atoms with E-state index >= 15 is 0 Å². The summed E-state index contributed by atoms with van der Waals surface area (Å²) in [6.45, 7) is 13.3. The molecule has 4 heterocycles. The van der Waals surface area contributed by atoms with Gasteiger partial charge in [-0.2, -0.15) is 0 Å². The van der Waals surface area contributed by atoms with Crippen LogP contribution in [0.4, 0.5) is 0 Å². The third-order valence-corrected chi connectivity index (χ3v) is 12.3. The van der Waals surface area contributed by atoms with Crippen molar-refractivity contribution in [1.29, 1.82) is 0 Å². The molecule has 0 saturated heterocycles. The van der Waals surface area contributed by atoms with Gasteiger partial charge in [-0.25, -0.2) is 0 Å². The fraction of sp³-hybridized carbons (Fsp3) is 0.514. The predicted octanol–water partition coefficient (Wildman–Crippen LogP) is 13.7. The molecule has 2 N–H and O–H groups in total. The van der Waals surface area contributed by atoms with Gasteiger partial charge >= 0.3 is 0 Å². The maximum atomic E-state index is 4.50. The van der Waals surface area contributed by atoms with Crippen LogP contribution in [-0.4, -0.2) is 7.05 Å². The molecule has 0 aliphatic rings. The van der Waals surface area contributed by atoms with E-state index < -0.39 is 0 Å². The zero-order valence-corrected chi connectivity index (χ0v) is 30.3. The minimum absolute atomic E-state index is 0.814. The van der Waals surface area contributed by atoms with Gasteiger partial charge in [0.2, 0.25) is 0 Å². The average Bonchev–Trinajstić information content (AvgIpc) is 3.86. The molecule has 230 valence electrons. The van der Waals surface area contributed by atoms with Gasteiger partial charge in [0.1, 0.15) is 0 Å². The lowest BCUT2D eigenvalue weighted by molar-refractivity contribution is 0.452. The number of thiophene rings is 4. The molecule has 2 atom stereocenters. The molecule has 1 nitrogen and oxygen atoms in total. The highest BCUT2D eigenvalue weighted by Gasteiger charge is 2.21. The molecule has 0 bridgehead atoms. The summed E-state index contributed by atoms with van der Waals surface area (Å²) in [5.74, 6) is 1.63. The second-order valence-corrected chi connectivity index (χ2v) is 15.0. The summed E-state index contributed by atoms with van der Waals surface area (Å²) < 4.78 is 2.92. The fourth-order valence-corrected chi connectivity index (χ4v) is 10.3. The van der Waals surface area contributed by atoms with Crippen LogP contribution in [0, 0.1) is 11.8 Å². The monoisotopic (exact) mass is 639 g/mol. The lowest BCUT2D eigenvalue weighted by atomic mass is 9.95. The summed E-state index contributed by atoms with van der Waals surface area (Å²) in [5, 5.41) is 7.49. The first kappa shape index (κ1) is 35.0. The zero-order valence-electron chi connectivity index (χ0n) is 27.1. The lowest BCUT2D eigenvalue weighted by Crippen LogP contribution is -2.01. The van der Waals surface area contributed by atoms with E-state index in [0.717, 1.165) is 11.8 Å². The molecule has 4 aromatic heterocycles. The van der Waals surface area contributed by atoms with Gasteiger partial charge in [-0.1, -0.05) is 92.9 Å². The van der Waals surface area contributed by atoms with Crippen LogP contribution in [0.1, 0.15) is 103 Å². The van der Waals surface area contributed by atoms with Crippen molar-refractivity contribution < 1.29 is 0 Å². The molecule has 2 unspecified atom stereocenters. The average molecular weight is 640 g/mol. The molecule has 0 saturated carbocycles. The van der Waals surface area contributed by atoms with E-state index in [1.807, 2.05) is 59.2 Å². The SMILES string of the molecule is CC.CCCCC(CC)Cc1ccc(-c2c3ccsc3c(-c3ccc(CC(CC)CCCC)s3)c3ccsc23)s1.CN. The molecule has 1 aromatic carbocycles. The van der Waals surface area contributed by atoms with Crippen molar-refractivity contribution in [3.63, 3.8) is 0 Å². The summed E-state index contributed by atoms with van der Waals surface area (Å²) in [5.41, 5.74) is 7.44. The molecule has 0 spiro atoms. The van der Waals surface area contributed by atoms with Gasteiger partial charge in [-0.05, 0) is 78.9 Å². The van der Waals surface area contributed by atoms with Crippen LogP contribution in [0.3, 0.4) is 0 Å². The molecule has 5 rings (SSSR count). The van der Waals surface area contributed by atoms with Gasteiger partial charge in [0.05, 0.1) is 0 Å². The molecule has 5 aromatic rings. The number of benzene rings is 1. The second-order valence-electron chi connectivity index (χ2n) is 10.8. The van der Waals surface area contributed by atoms with Gasteiger partial charge in [0, 0.05) is 50.8 Å². The molecule has 0 amide bonds. The van der Waals surface area contributed by atoms with Crippen LogP contribution >= 0.6 is 45.3 Å². The van der Waals surface area contributed by atoms with Crippen LogP contribution in [0.5, 0.6) is 0 Å². The van der Waals surface area contributed by atoms with Crippen molar-refractivity contribution in [2.24, 2.45) is 17.6 Å². The standard InChI is InChI=1S/C34H42S4.C2H6.CH5N/c1-5-9-11-23(7-3)21-25-13-15-29(37-25)31-27-17-19-36-34(27)32(28-18-20-35-33(28)31)30-16-14-26(38-30)22-24(8-4)12-10-6-2;2*1-2/h13-20,23-24H,5-12,21-22H2,1-4H3;1-2H3;2H2,1H3. The van der Waals surface area contributed by atoms with E-state index in [0.29, 0.717) is 0 Å². The fourth-order valence-electron chi connectivity index (χ4n) is 5.83. The smallest absolute Gasteiger partial charge is 0.0442 e. The Morgan fingerprint density at radius 2 is 1.00 bits per heavy atom. The summed E-state index contributed by atoms with van der Waals surface area (Å²) >= 11 is 7.91. The van der Waals surface area contributed by atoms with Gasteiger partial charge in [0.25, 0.3) is 0 Å². The topological polar surface area (TPSA) is 26.0 Å². The highest BCUT2D eigenvalue weighted by Crippen LogP contribution is 2.50. The Morgan fingerprint density at radius 3 is 1.36 bits per heavy atom. The molecular weight excluding hydrogens is 587 g/mol. The number of hydrogen-bond donors (Lipinski definition) is 1. The Hall–Kier alpha value is -1.50. The molecule has 0 aliphatic carbocycles. The van der Waals surface area contributed by atoms with E-state index in [2.05, 4.69) is 80.6 Å². The summed E-state index contributed by atoms with van der Waals surface area (Å²) in [6.07, 6.45) is 13.1. The van der Waals surface area contributed by atoms with Crippen molar-refractivity contribution in [3.05, 3.63) is 56.9 Å². The number of unbranched alkanes of at least 4 members (excludes halogenated alkanes) is 2. The zero-order chi connectivity index (χ0) is 30.5. The Kier molecular flexibility index (Phi) is 15.3. The van der Waals surface area contributed by atoms with E-state index in [1.54, 1.807) is 9.75 Å². The van der Waals surface area contributed by atoms with Crippen molar-refractivity contribution in [2.75, 3.05) is 7.05 Å². The van der Waals surface area contributed by atoms with E-state index in [1.165, 1.54) is 112 Å². The van der Waals surface area contributed by atoms with Crippen LogP contribution in [0.25, 0.3) is 41.1 Å². The third-order valence-electron chi connectivity index (χ3n) is 8.21. The number of nitrogens with two attached hydrogens (primary N) is 1.